The number of amides is 3. The second-order valence-corrected chi connectivity index (χ2v) is 6.53. The number of nitrogens with one attached hydrogen (secondary N) is 1. The van der Waals surface area contributed by atoms with Gasteiger partial charge in [-0.25, -0.2) is 0 Å². The van der Waals surface area contributed by atoms with Crippen LogP contribution in [0.2, 0.25) is 0 Å². The summed E-state index contributed by atoms with van der Waals surface area (Å²) < 4.78 is 13.7. The Kier molecular flexibility index (Phi) is 4.38. The van der Waals surface area contributed by atoms with Crippen molar-refractivity contribution in [3.63, 3.8) is 0 Å². The Bertz CT molecular complexity index is 835. The Morgan fingerprint density at radius 2 is 1.77 bits per heavy atom. The largest absolute Gasteiger partial charge is 0.504 e. The average Bonchev–Trinajstić information content (AvgIpc) is 2.88. The van der Waals surface area contributed by atoms with Gasteiger partial charge in [-0.05, 0) is 13.8 Å². The van der Waals surface area contributed by atoms with E-state index >= 15 is 0 Å². The van der Waals surface area contributed by atoms with Crippen LogP contribution in [0, 0.1) is 5.82 Å². The molecule has 2 unspecified atom stereocenters. The molecular weight excluding hydrogens is 352 g/mol. The van der Waals surface area contributed by atoms with Crippen molar-refractivity contribution in [3.8, 4) is 11.5 Å². The standard InChI is InChI=1S/C14H17BFN3O7/c1-13(15,25)11(23)18-12(24)14(2,26)19-3-4-5(10(19)22)8(20)6(16)9(21)7(4)17/h20-21,25-26H,3,15,17H2,1-2H3,(H,18,23,24). The van der Waals surface area contributed by atoms with Gasteiger partial charge in [0, 0.05) is 5.56 Å². The van der Waals surface area contributed by atoms with E-state index in [0.717, 1.165) is 21.7 Å². The fourth-order valence-corrected chi connectivity index (χ4v) is 2.37. The molecule has 0 aliphatic carbocycles. The zero-order valence-electron chi connectivity index (χ0n) is 14.1. The fourth-order valence-electron chi connectivity index (χ4n) is 2.37. The fraction of sp³-hybridized carbons (Fsp3) is 0.357. The number of nitrogens with zero attached hydrogens (tertiary/aromatic N) is 1. The Morgan fingerprint density at radius 1 is 1.23 bits per heavy atom. The predicted molar refractivity (Wildman–Crippen MR) is 87.0 cm³/mol. The second kappa shape index (κ2) is 5.85. The number of nitrogen functional groups attached to an aromatic ring is 1. The first-order valence-corrected chi connectivity index (χ1v) is 7.35. The van der Waals surface area contributed by atoms with Crippen LogP contribution in [0.5, 0.6) is 11.5 Å². The molecule has 7 N–H and O–H groups in total. The van der Waals surface area contributed by atoms with Gasteiger partial charge in [-0.1, -0.05) is 0 Å². The second-order valence-electron chi connectivity index (χ2n) is 6.53. The Labute approximate surface area is 147 Å². The summed E-state index contributed by atoms with van der Waals surface area (Å²) in [4.78, 5) is 36.9. The molecule has 26 heavy (non-hydrogen) atoms. The third kappa shape index (κ3) is 2.82. The van der Waals surface area contributed by atoms with E-state index in [1.807, 2.05) is 0 Å². The first-order chi connectivity index (χ1) is 11.7. The quantitative estimate of drug-likeness (QED) is 0.146. The monoisotopic (exact) mass is 369 g/mol. The summed E-state index contributed by atoms with van der Waals surface area (Å²) in [5, 5.41) is 41.0. The van der Waals surface area contributed by atoms with Gasteiger partial charge in [0.2, 0.25) is 17.4 Å². The number of aliphatic hydroxyl groups is 2. The molecule has 12 heteroatoms. The number of rotatable bonds is 3. The minimum absolute atomic E-state index is 0.187. The van der Waals surface area contributed by atoms with Crippen LogP contribution in [0.15, 0.2) is 0 Å². The number of anilines is 1. The van der Waals surface area contributed by atoms with E-state index in [0.29, 0.717) is 4.90 Å². The smallest absolute Gasteiger partial charge is 0.279 e. The highest BCUT2D eigenvalue weighted by Crippen LogP contribution is 2.44. The summed E-state index contributed by atoms with van der Waals surface area (Å²) in [6.07, 6.45) is 0. The molecule has 1 aromatic rings. The van der Waals surface area contributed by atoms with E-state index in [1.54, 1.807) is 5.32 Å². The lowest BCUT2D eigenvalue weighted by Gasteiger charge is -2.32. The molecule has 1 aliphatic heterocycles. The third-order valence-electron chi connectivity index (χ3n) is 4.05. The maximum Gasteiger partial charge on any atom is 0.279 e. The topological polar surface area (TPSA) is 173 Å². The summed E-state index contributed by atoms with van der Waals surface area (Å²) in [6.45, 7) is 1.44. The summed E-state index contributed by atoms with van der Waals surface area (Å²) in [5.74, 6) is -7.37. The minimum atomic E-state index is -2.61. The molecule has 0 aromatic heterocycles. The van der Waals surface area contributed by atoms with Crippen LogP contribution in [0.4, 0.5) is 10.1 Å². The minimum Gasteiger partial charge on any atom is -0.504 e. The van der Waals surface area contributed by atoms with E-state index in [9.17, 15) is 39.2 Å². The molecule has 0 fully saturated rings. The summed E-state index contributed by atoms with van der Waals surface area (Å²) in [6, 6.07) is 0. The SMILES string of the molecule is BC(C)(O)C(=O)NC(=O)C(C)(O)N1Cc2c(N)c(O)c(F)c(O)c2C1=O. The molecule has 0 radical (unpaired) electrons. The number of halogens is 1. The zero-order valence-corrected chi connectivity index (χ0v) is 14.1. The van der Waals surface area contributed by atoms with E-state index in [4.69, 9.17) is 5.73 Å². The molecule has 1 aromatic carbocycles. The molecule has 3 amide bonds. The lowest BCUT2D eigenvalue weighted by molar-refractivity contribution is -0.158. The first kappa shape index (κ1) is 19.5. The number of phenols is 2. The number of aromatic hydroxyl groups is 2. The van der Waals surface area contributed by atoms with Crippen molar-refractivity contribution in [2.24, 2.45) is 0 Å². The van der Waals surface area contributed by atoms with Gasteiger partial charge < -0.3 is 26.2 Å². The lowest BCUT2D eigenvalue weighted by Crippen LogP contribution is -2.60. The molecule has 140 valence electrons. The van der Waals surface area contributed by atoms with Crippen LogP contribution < -0.4 is 11.1 Å². The maximum absolute atomic E-state index is 13.7. The number of phenolic OH excluding ortho intramolecular Hbond substituents is 2. The Balaban J connectivity index is 2.40. The summed E-state index contributed by atoms with van der Waals surface area (Å²) >= 11 is 0. The van der Waals surface area contributed by atoms with Crippen LogP contribution in [-0.2, 0) is 16.1 Å². The van der Waals surface area contributed by atoms with E-state index in [2.05, 4.69) is 0 Å². The molecule has 0 spiro atoms. The van der Waals surface area contributed by atoms with Gasteiger partial charge in [0.25, 0.3) is 11.8 Å². The van der Waals surface area contributed by atoms with Crippen LogP contribution in [0.25, 0.3) is 0 Å². The van der Waals surface area contributed by atoms with Crippen molar-refractivity contribution in [3.05, 3.63) is 16.9 Å². The number of hydrogen-bond acceptors (Lipinski definition) is 8. The summed E-state index contributed by atoms with van der Waals surface area (Å²) in [5.41, 5.74) is -0.333. The van der Waals surface area contributed by atoms with Gasteiger partial charge in [0.15, 0.2) is 19.3 Å². The van der Waals surface area contributed by atoms with Crippen molar-refractivity contribution < 1.29 is 39.2 Å². The number of fused-ring (bicyclic) bond motifs is 1. The zero-order chi connectivity index (χ0) is 20.2. The van der Waals surface area contributed by atoms with Gasteiger partial charge >= 0.3 is 0 Å². The van der Waals surface area contributed by atoms with Gasteiger partial charge in [-0.2, -0.15) is 4.39 Å². The predicted octanol–water partition coefficient (Wildman–Crippen LogP) is -2.53. The van der Waals surface area contributed by atoms with Gasteiger partial charge in [-0.3, -0.25) is 24.6 Å². The number of carbonyl (C=O) groups is 3. The number of imide groups is 1. The maximum atomic E-state index is 13.7. The van der Waals surface area contributed by atoms with Crippen molar-refractivity contribution in [2.45, 2.75) is 31.6 Å². The summed E-state index contributed by atoms with van der Waals surface area (Å²) in [7, 11) is 1.10. The first-order valence-electron chi connectivity index (χ1n) is 7.35. The number of hydrogen-bond donors (Lipinski definition) is 6. The molecule has 0 saturated carbocycles. The highest BCUT2D eigenvalue weighted by atomic mass is 19.1. The highest BCUT2D eigenvalue weighted by Gasteiger charge is 2.48. The van der Waals surface area contributed by atoms with Crippen molar-refractivity contribution in [2.75, 3.05) is 5.73 Å². The van der Waals surface area contributed by atoms with Crippen LogP contribution in [0.3, 0.4) is 0 Å². The van der Waals surface area contributed by atoms with Crippen LogP contribution >= 0.6 is 0 Å². The number of benzene rings is 1. The molecule has 1 heterocycles. The molecule has 0 bridgehead atoms. The number of carbonyl (C=O) groups excluding carboxylic acids is 3. The van der Waals surface area contributed by atoms with Crippen molar-refractivity contribution in [1.29, 1.82) is 0 Å². The van der Waals surface area contributed by atoms with E-state index < -0.39 is 64.1 Å². The molecule has 2 rings (SSSR count). The molecular formula is C14H17BFN3O7. The highest BCUT2D eigenvalue weighted by molar-refractivity contribution is 6.28. The molecule has 10 nitrogen and oxygen atoms in total. The Hall–Kier alpha value is -2.86. The van der Waals surface area contributed by atoms with Crippen molar-refractivity contribution in [1.82, 2.24) is 10.2 Å². The van der Waals surface area contributed by atoms with E-state index in [1.165, 1.54) is 0 Å². The third-order valence-corrected chi connectivity index (χ3v) is 4.05. The normalized spacial score (nSPS) is 18.0. The molecule has 1 aliphatic rings. The number of nitrogens with two attached hydrogens (primary N) is 1. The molecule has 2 atom stereocenters. The van der Waals surface area contributed by atoms with Crippen LogP contribution in [0.1, 0.15) is 29.8 Å². The van der Waals surface area contributed by atoms with Crippen molar-refractivity contribution >= 4 is 31.3 Å². The van der Waals surface area contributed by atoms with Crippen LogP contribution in [-0.4, -0.2) is 62.1 Å². The van der Waals surface area contributed by atoms with Gasteiger partial charge in [0.1, 0.15) is 5.50 Å². The van der Waals surface area contributed by atoms with Gasteiger partial charge in [0.05, 0.1) is 17.8 Å². The Morgan fingerprint density at radius 3 is 2.27 bits per heavy atom. The van der Waals surface area contributed by atoms with E-state index in [-0.39, 0.29) is 5.56 Å². The lowest BCUT2D eigenvalue weighted by atomic mass is 9.83. The van der Waals surface area contributed by atoms with Gasteiger partial charge in [-0.15, -0.1) is 0 Å². The average molecular weight is 369 g/mol. The molecule has 0 saturated heterocycles.